The van der Waals surface area contributed by atoms with Gasteiger partial charge >= 0.3 is 0 Å². The Morgan fingerprint density at radius 2 is 2.21 bits per heavy atom. The molecule has 1 aliphatic rings. The number of rotatable bonds is 5. The molecule has 0 saturated carbocycles. The summed E-state index contributed by atoms with van der Waals surface area (Å²) in [5, 5.41) is 5.09. The molecule has 1 amide bonds. The fourth-order valence-corrected chi connectivity index (χ4v) is 2.78. The lowest BCUT2D eigenvalue weighted by molar-refractivity contribution is -0.123. The topological polar surface area (TPSA) is 50.7 Å². The van der Waals surface area contributed by atoms with E-state index >= 15 is 0 Å². The van der Waals surface area contributed by atoms with E-state index in [4.69, 9.17) is 27.9 Å². The van der Waals surface area contributed by atoms with Crippen LogP contribution in [0.3, 0.4) is 0 Å². The van der Waals surface area contributed by atoms with Crippen molar-refractivity contribution in [3.05, 3.63) is 52.0 Å². The first-order valence-electron chi connectivity index (χ1n) is 7.62. The van der Waals surface area contributed by atoms with E-state index in [2.05, 4.69) is 23.2 Å². The number of hydrazone groups is 1. The molecule has 1 atom stereocenters. The average Bonchev–Trinajstić information content (AvgIpc) is 2.53. The quantitative estimate of drug-likeness (QED) is 0.602. The van der Waals surface area contributed by atoms with Gasteiger partial charge in [0.05, 0.1) is 10.7 Å². The van der Waals surface area contributed by atoms with E-state index in [0.29, 0.717) is 21.7 Å². The van der Waals surface area contributed by atoms with Gasteiger partial charge in [-0.15, -0.1) is 0 Å². The largest absolute Gasteiger partial charge is 0.482 e. The van der Waals surface area contributed by atoms with Crippen molar-refractivity contribution in [3.63, 3.8) is 0 Å². The molecule has 128 valence electrons. The molecule has 0 spiro atoms. The van der Waals surface area contributed by atoms with Gasteiger partial charge in [-0.3, -0.25) is 4.79 Å². The van der Waals surface area contributed by atoms with Crippen LogP contribution in [0.4, 0.5) is 0 Å². The SMILES string of the molecule is C=C(C)[C@H]1CC=C(C)C(=NNC(=O)COc2ccc(Cl)cc2Cl)C1. The minimum atomic E-state index is -0.348. The standard InChI is InChI=1S/C18H20Cl2N2O2/c1-11(2)13-5-4-12(3)16(8-13)21-22-18(23)10-24-17-7-6-14(19)9-15(17)20/h4,6-7,9,13H,1,5,8,10H2,2-3H3,(H,22,23)/t13-/m0/s1. The van der Waals surface area contributed by atoms with E-state index in [9.17, 15) is 4.79 Å². The summed E-state index contributed by atoms with van der Waals surface area (Å²) < 4.78 is 5.38. The summed E-state index contributed by atoms with van der Waals surface area (Å²) in [5.41, 5.74) is 5.60. The third kappa shape index (κ3) is 5.11. The Balaban J connectivity index is 1.91. The molecule has 1 N–H and O–H groups in total. The van der Waals surface area contributed by atoms with Crippen LogP contribution >= 0.6 is 23.2 Å². The van der Waals surface area contributed by atoms with E-state index in [-0.39, 0.29) is 12.5 Å². The first-order valence-corrected chi connectivity index (χ1v) is 8.38. The lowest BCUT2D eigenvalue weighted by atomic mass is 9.85. The maximum atomic E-state index is 11.9. The third-order valence-electron chi connectivity index (χ3n) is 3.87. The van der Waals surface area contributed by atoms with Crippen LogP contribution in [0.2, 0.25) is 10.0 Å². The van der Waals surface area contributed by atoms with Gasteiger partial charge in [-0.05, 0) is 56.4 Å². The van der Waals surface area contributed by atoms with E-state index < -0.39 is 0 Å². The minimum absolute atomic E-state index is 0.176. The number of nitrogens with one attached hydrogen (secondary N) is 1. The van der Waals surface area contributed by atoms with Gasteiger partial charge in [0.25, 0.3) is 5.91 Å². The van der Waals surface area contributed by atoms with Gasteiger partial charge in [-0.1, -0.05) is 41.4 Å². The van der Waals surface area contributed by atoms with E-state index in [0.717, 1.165) is 29.7 Å². The van der Waals surface area contributed by atoms with Gasteiger partial charge in [-0.25, -0.2) is 5.43 Å². The summed E-state index contributed by atoms with van der Waals surface area (Å²) in [4.78, 5) is 11.9. The lowest BCUT2D eigenvalue weighted by Crippen LogP contribution is -2.27. The Hall–Kier alpha value is -1.78. The van der Waals surface area contributed by atoms with Crippen molar-refractivity contribution >= 4 is 34.8 Å². The van der Waals surface area contributed by atoms with Crippen LogP contribution in [0, 0.1) is 5.92 Å². The van der Waals surface area contributed by atoms with Crippen LogP contribution < -0.4 is 10.2 Å². The summed E-state index contributed by atoms with van der Waals surface area (Å²) >= 11 is 11.8. The normalized spacial score (nSPS) is 18.9. The second-order valence-electron chi connectivity index (χ2n) is 5.83. The Labute approximate surface area is 152 Å². The molecule has 4 nitrogen and oxygen atoms in total. The number of allylic oxidation sites excluding steroid dienone is 3. The maximum Gasteiger partial charge on any atom is 0.277 e. The first kappa shape index (κ1) is 18.6. The van der Waals surface area contributed by atoms with Crippen molar-refractivity contribution in [1.82, 2.24) is 5.43 Å². The first-order chi connectivity index (χ1) is 11.4. The molecular formula is C18H20Cl2N2O2. The van der Waals surface area contributed by atoms with Crippen LogP contribution in [0.5, 0.6) is 5.75 Å². The van der Waals surface area contributed by atoms with Crippen molar-refractivity contribution in [2.45, 2.75) is 26.7 Å². The Bertz CT molecular complexity index is 711. The lowest BCUT2D eigenvalue weighted by Gasteiger charge is -2.22. The number of halogens is 2. The molecule has 0 radical (unpaired) electrons. The molecule has 1 aromatic carbocycles. The molecule has 2 rings (SSSR count). The van der Waals surface area contributed by atoms with Crippen LogP contribution in [-0.2, 0) is 4.79 Å². The van der Waals surface area contributed by atoms with Gasteiger partial charge in [0, 0.05) is 5.02 Å². The van der Waals surface area contributed by atoms with Crippen LogP contribution in [0.1, 0.15) is 26.7 Å². The van der Waals surface area contributed by atoms with Crippen molar-refractivity contribution in [2.24, 2.45) is 11.0 Å². The molecule has 1 aromatic rings. The summed E-state index contributed by atoms with van der Waals surface area (Å²) in [5.74, 6) is 0.423. The zero-order valence-corrected chi connectivity index (χ0v) is 15.2. The van der Waals surface area contributed by atoms with E-state index in [1.165, 1.54) is 0 Å². The highest BCUT2D eigenvalue weighted by Crippen LogP contribution is 2.28. The molecule has 0 aliphatic heterocycles. The fourth-order valence-electron chi connectivity index (χ4n) is 2.32. The third-order valence-corrected chi connectivity index (χ3v) is 4.40. The number of hydrogen-bond donors (Lipinski definition) is 1. The molecule has 0 aromatic heterocycles. The van der Waals surface area contributed by atoms with Gasteiger partial charge in [-0.2, -0.15) is 5.10 Å². The van der Waals surface area contributed by atoms with Crippen LogP contribution in [0.25, 0.3) is 0 Å². The summed E-state index contributed by atoms with van der Waals surface area (Å²) in [6.45, 7) is 7.82. The molecule has 0 fully saturated rings. The predicted octanol–water partition coefficient (Wildman–Crippen LogP) is 4.78. The molecule has 0 bridgehead atoms. The number of amides is 1. The zero-order valence-electron chi connectivity index (χ0n) is 13.7. The summed E-state index contributed by atoms with van der Waals surface area (Å²) in [6.07, 6.45) is 3.87. The monoisotopic (exact) mass is 366 g/mol. The van der Waals surface area contributed by atoms with E-state index in [1.54, 1.807) is 18.2 Å². The van der Waals surface area contributed by atoms with Crippen molar-refractivity contribution in [1.29, 1.82) is 0 Å². The number of ether oxygens (including phenoxy) is 1. The van der Waals surface area contributed by atoms with Gasteiger partial charge in [0.15, 0.2) is 6.61 Å². The number of carbonyl (C=O) groups excluding carboxylic acids is 1. The molecular weight excluding hydrogens is 347 g/mol. The van der Waals surface area contributed by atoms with Crippen molar-refractivity contribution < 1.29 is 9.53 Å². The number of benzene rings is 1. The Kier molecular flexibility index (Phi) is 6.46. The highest BCUT2D eigenvalue weighted by atomic mass is 35.5. The smallest absolute Gasteiger partial charge is 0.277 e. The number of hydrogen-bond acceptors (Lipinski definition) is 3. The molecule has 0 unspecified atom stereocenters. The van der Waals surface area contributed by atoms with Crippen molar-refractivity contribution in [2.75, 3.05) is 6.61 Å². The predicted molar refractivity (Wildman–Crippen MR) is 98.8 cm³/mol. The summed E-state index contributed by atoms with van der Waals surface area (Å²) in [7, 11) is 0. The van der Waals surface area contributed by atoms with Gasteiger partial charge in [0.1, 0.15) is 5.75 Å². The average molecular weight is 367 g/mol. The Morgan fingerprint density at radius 1 is 1.46 bits per heavy atom. The molecule has 1 aliphatic carbocycles. The van der Waals surface area contributed by atoms with Crippen LogP contribution in [-0.4, -0.2) is 18.2 Å². The zero-order chi connectivity index (χ0) is 17.7. The fraction of sp³-hybridized carbons (Fsp3) is 0.333. The van der Waals surface area contributed by atoms with Gasteiger partial charge < -0.3 is 4.74 Å². The Morgan fingerprint density at radius 3 is 2.88 bits per heavy atom. The maximum absolute atomic E-state index is 11.9. The summed E-state index contributed by atoms with van der Waals surface area (Å²) in [6, 6.07) is 4.83. The minimum Gasteiger partial charge on any atom is -0.482 e. The van der Waals surface area contributed by atoms with Gasteiger partial charge in [0.2, 0.25) is 0 Å². The van der Waals surface area contributed by atoms with Crippen molar-refractivity contribution in [3.8, 4) is 5.75 Å². The van der Waals surface area contributed by atoms with E-state index in [1.807, 2.05) is 13.8 Å². The highest BCUT2D eigenvalue weighted by Gasteiger charge is 2.18. The second-order valence-corrected chi connectivity index (χ2v) is 6.67. The number of nitrogens with zero attached hydrogens (tertiary/aromatic N) is 1. The number of carbonyl (C=O) groups is 1. The highest BCUT2D eigenvalue weighted by molar-refractivity contribution is 6.35. The molecule has 0 saturated heterocycles. The van der Waals surface area contributed by atoms with Crippen LogP contribution in [0.15, 0.2) is 47.1 Å². The molecule has 0 heterocycles. The second kappa shape index (κ2) is 8.36. The molecule has 24 heavy (non-hydrogen) atoms. The molecule has 6 heteroatoms.